The summed E-state index contributed by atoms with van der Waals surface area (Å²) in [5.74, 6) is -0.186. The zero-order valence-corrected chi connectivity index (χ0v) is 12.5. The van der Waals surface area contributed by atoms with Gasteiger partial charge in [0.2, 0.25) is 0 Å². The number of anilines is 1. The van der Waals surface area contributed by atoms with Gasteiger partial charge < -0.3 is 5.32 Å². The van der Waals surface area contributed by atoms with Crippen LogP contribution in [0.2, 0.25) is 5.02 Å². The third-order valence-corrected chi connectivity index (χ3v) is 4.04. The first-order valence-corrected chi connectivity index (χ1v) is 7.55. The maximum Gasteiger partial charge on any atom is 0.257 e. The molecule has 2 aromatic heterocycles. The number of halogens is 1. The molecule has 0 unspecified atom stereocenters. The number of hydrogen-bond donors (Lipinski definition) is 1. The number of pyridine rings is 1. The van der Waals surface area contributed by atoms with Gasteiger partial charge in [0.25, 0.3) is 5.91 Å². The first-order chi connectivity index (χ1) is 10.2. The number of nitrogens with zero attached hydrogens (tertiary/aromatic N) is 1. The van der Waals surface area contributed by atoms with Crippen molar-refractivity contribution in [3.05, 3.63) is 70.7 Å². The third-order valence-electron chi connectivity index (χ3n) is 2.91. The Morgan fingerprint density at radius 3 is 2.62 bits per heavy atom. The summed E-state index contributed by atoms with van der Waals surface area (Å²) in [4.78, 5) is 17.7. The molecule has 3 aromatic rings. The lowest BCUT2D eigenvalue weighted by Crippen LogP contribution is -2.13. The summed E-state index contributed by atoms with van der Waals surface area (Å²) in [6.45, 7) is 0. The number of carbonyl (C=O) groups is 1. The summed E-state index contributed by atoms with van der Waals surface area (Å²) in [5, 5.41) is 5.45. The molecule has 0 atom stereocenters. The van der Waals surface area contributed by atoms with Gasteiger partial charge in [-0.15, -0.1) is 11.3 Å². The number of hydrogen-bond acceptors (Lipinski definition) is 3. The Morgan fingerprint density at radius 1 is 1.10 bits per heavy atom. The Labute approximate surface area is 131 Å². The maximum atomic E-state index is 12.4. The Kier molecular flexibility index (Phi) is 3.99. The van der Waals surface area contributed by atoms with Crippen LogP contribution < -0.4 is 5.32 Å². The fourth-order valence-corrected chi connectivity index (χ4v) is 2.79. The highest BCUT2D eigenvalue weighted by Gasteiger charge is 2.14. The van der Waals surface area contributed by atoms with Crippen molar-refractivity contribution >= 4 is 34.5 Å². The van der Waals surface area contributed by atoms with Crippen LogP contribution in [0, 0.1) is 0 Å². The molecule has 0 fully saturated rings. The molecule has 3 nitrogen and oxygen atoms in total. The van der Waals surface area contributed by atoms with Gasteiger partial charge in [0, 0.05) is 16.9 Å². The van der Waals surface area contributed by atoms with E-state index < -0.39 is 0 Å². The molecule has 1 N–H and O–H groups in total. The number of nitrogens with one attached hydrogen (secondary N) is 1. The van der Waals surface area contributed by atoms with Crippen molar-refractivity contribution in [3.63, 3.8) is 0 Å². The molecular formula is C16H11ClN2OS. The predicted octanol–water partition coefficient (Wildman–Crippen LogP) is 4.72. The summed E-state index contributed by atoms with van der Waals surface area (Å²) in [6, 6.07) is 14.4. The number of carbonyl (C=O) groups excluding carboxylic acids is 1. The number of amides is 1. The Balaban J connectivity index is 1.90. The summed E-state index contributed by atoms with van der Waals surface area (Å²) in [6.07, 6.45) is 1.69. The molecule has 0 aliphatic carbocycles. The maximum absolute atomic E-state index is 12.4. The average Bonchev–Trinajstić information content (AvgIpc) is 3.04. The second-order valence-corrected chi connectivity index (χ2v) is 5.72. The van der Waals surface area contributed by atoms with E-state index in [2.05, 4.69) is 10.3 Å². The van der Waals surface area contributed by atoms with Crippen LogP contribution in [-0.2, 0) is 0 Å². The van der Waals surface area contributed by atoms with Crippen LogP contribution in [0.1, 0.15) is 10.4 Å². The van der Waals surface area contributed by atoms with E-state index >= 15 is 0 Å². The standard InChI is InChI=1S/C16H11ClN2OS/c17-11-5-7-12(8-6-11)19-16(20)13-3-1-9-18-15(13)14-4-2-10-21-14/h1-10H,(H,19,20). The molecule has 5 heteroatoms. The topological polar surface area (TPSA) is 42.0 Å². The van der Waals surface area contributed by atoms with Crippen molar-refractivity contribution in [3.8, 4) is 10.6 Å². The smallest absolute Gasteiger partial charge is 0.257 e. The van der Waals surface area contributed by atoms with Crippen molar-refractivity contribution in [2.75, 3.05) is 5.32 Å². The molecule has 3 rings (SSSR count). The zero-order chi connectivity index (χ0) is 14.7. The second kappa shape index (κ2) is 6.08. The van der Waals surface area contributed by atoms with Crippen LogP contribution in [0.3, 0.4) is 0 Å². The second-order valence-electron chi connectivity index (χ2n) is 4.34. The van der Waals surface area contributed by atoms with Gasteiger partial charge in [-0.05, 0) is 47.8 Å². The number of thiophene rings is 1. The van der Waals surface area contributed by atoms with Gasteiger partial charge in [-0.1, -0.05) is 17.7 Å². The minimum atomic E-state index is -0.186. The Bertz CT molecular complexity index is 754. The molecule has 2 heterocycles. The van der Waals surface area contributed by atoms with E-state index in [0.29, 0.717) is 22.0 Å². The average molecular weight is 315 g/mol. The molecule has 0 aliphatic rings. The van der Waals surface area contributed by atoms with Crippen LogP contribution in [-0.4, -0.2) is 10.9 Å². The lowest BCUT2D eigenvalue weighted by molar-refractivity contribution is 0.102. The molecule has 0 aliphatic heterocycles. The largest absolute Gasteiger partial charge is 0.322 e. The molecule has 0 bridgehead atoms. The molecule has 0 saturated carbocycles. The van der Waals surface area contributed by atoms with Crippen molar-refractivity contribution in [1.82, 2.24) is 4.98 Å². The van der Waals surface area contributed by atoms with E-state index in [4.69, 9.17) is 11.6 Å². The normalized spacial score (nSPS) is 10.3. The van der Waals surface area contributed by atoms with Crippen LogP contribution in [0.25, 0.3) is 10.6 Å². The zero-order valence-electron chi connectivity index (χ0n) is 10.9. The lowest BCUT2D eigenvalue weighted by atomic mass is 10.1. The summed E-state index contributed by atoms with van der Waals surface area (Å²) >= 11 is 7.39. The van der Waals surface area contributed by atoms with E-state index in [1.54, 1.807) is 53.9 Å². The molecule has 1 aromatic carbocycles. The fourth-order valence-electron chi connectivity index (χ4n) is 1.93. The molecule has 104 valence electrons. The first-order valence-electron chi connectivity index (χ1n) is 6.30. The van der Waals surface area contributed by atoms with E-state index in [1.165, 1.54) is 0 Å². The SMILES string of the molecule is O=C(Nc1ccc(Cl)cc1)c1cccnc1-c1cccs1. The van der Waals surface area contributed by atoms with Gasteiger partial charge in [-0.3, -0.25) is 9.78 Å². The molecule has 0 saturated heterocycles. The quantitative estimate of drug-likeness (QED) is 0.760. The molecule has 0 spiro atoms. The van der Waals surface area contributed by atoms with E-state index in [1.807, 2.05) is 17.5 Å². The highest BCUT2D eigenvalue weighted by atomic mass is 35.5. The van der Waals surface area contributed by atoms with E-state index in [-0.39, 0.29) is 5.91 Å². The van der Waals surface area contributed by atoms with Crippen molar-refractivity contribution in [2.24, 2.45) is 0 Å². The van der Waals surface area contributed by atoms with Crippen LogP contribution in [0.4, 0.5) is 5.69 Å². The van der Waals surface area contributed by atoms with Gasteiger partial charge in [0.05, 0.1) is 16.1 Å². The van der Waals surface area contributed by atoms with Gasteiger partial charge in [0.15, 0.2) is 0 Å². The highest BCUT2D eigenvalue weighted by Crippen LogP contribution is 2.26. The fraction of sp³-hybridized carbons (Fsp3) is 0. The Hall–Kier alpha value is -2.17. The van der Waals surface area contributed by atoms with Crippen molar-refractivity contribution < 1.29 is 4.79 Å². The van der Waals surface area contributed by atoms with Gasteiger partial charge in [0.1, 0.15) is 0 Å². The van der Waals surface area contributed by atoms with Crippen molar-refractivity contribution in [1.29, 1.82) is 0 Å². The Morgan fingerprint density at radius 2 is 1.90 bits per heavy atom. The molecule has 0 radical (unpaired) electrons. The van der Waals surface area contributed by atoms with E-state index in [9.17, 15) is 4.79 Å². The van der Waals surface area contributed by atoms with Crippen LogP contribution in [0.5, 0.6) is 0 Å². The van der Waals surface area contributed by atoms with Crippen LogP contribution in [0.15, 0.2) is 60.1 Å². The van der Waals surface area contributed by atoms with Gasteiger partial charge in [-0.2, -0.15) is 0 Å². The van der Waals surface area contributed by atoms with Crippen LogP contribution >= 0.6 is 22.9 Å². The van der Waals surface area contributed by atoms with Crippen molar-refractivity contribution in [2.45, 2.75) is 0 Å². The monoisotopic (exact) mass is 314 g/mol. The number of aromatic nitrogens is 1. The molecule has 1 amide bonds. The third kappa shape index (κ3) is 3.12. The highest BCUT2D eigenvalue weighted by molar-refractivity contribution is 7.13. The summed E-state index contributed by atoms with van der Waals surface area (Å²) in [5.41, 5.74) is 1.94. The predicted molar refractivity (Wildman–Crippen MR) is 87.0 cm³/mol. The lowest BCUT2D eigenvalue weighted by Gasteiger charge is -2.08. The minimum Gasteiger partial charge on any atom is -0.322 e. The summed E-state index contributed by atoms with van der Waals surface area (Å²) < 4.78 is 0. The first kappa shape index (κ1) is 13.8. The van der Waals surface area contributed by atoms with Gasteiger partial charge in [-0.25, -0.2) is 0 Å². The summed E-state index contributed by atoms with van der Waals surface area (Å²) in [7, 11) is 0. The number of rotatable bonds is 3. The van der Waals surface area contributed by atoms with E-state index in [0.717, 1.165) is 4.88 Å². The molecular weight excluding hydrogens is 304 g/mol. The number of benzene rings is 1. The molecule has 21 heavy (non-hydrogen) atoms. The minimum absolute atomic E-state index is 0.186. The van der Waals surface area contributed by atoms with Gasteiger partial charge >= 0.3 is 0 Å².